The van der Waals surface area contributed by atoms with Gasteiger partial charge in [-0.15, -0.1) is 0 Å². The molecule has 0 aromatic carbocycles. The third-order valence-corrected chi connectivity index (χ3v) is 1.73. The number of hydrogen-bond donors (Lipinski definition) is 2. The predicted octanol–water partition coefficient (Wildman–Crippen LogP) is 1.56. The van der Waals surface area contributed by atoms with Gasteiger partial charge >= 0.3 is 6.18 Å². The molecule has 0 rings (SSSR count). The number of alkyl halides is 3. The molecule has 1 atom stereocenters. The van der Waals surface area contributed by atoms with Crippen molar-refractivity contribution in [1.29, 1.82) is 0 Å². The molecule has 2 N–H and O–H groups in total. The van der Waals surface area contributed by atoms with E-state index in [1.807, 2.05) is 13.8 Å². The minimum absolute atomic E-state index is 0.119. The normalized spacial score (nSPS) is 14.4. The van der Waals surface area contributed by atoms with Gasteiger partial charge in [-0.1, -0.05) is 13.8 Å². The zero-order valence-electron chi connectivity index (χ0n) is 9.68. The molecule has 1 unspecified atom stereocenters. The van der Waals surface area contributed by atoms with Crippen LogP contribution in [0.5, 0.6) is 0 Å². The number of aliphatic hydroxyl groups excluding tert-OH is 1. The third-order valence-electron chi connectivity index (χ3n) is 1.73. The molecule has 0 aliphatic carbocycles. The second kappa shape index (κ2) is 7.86. The molecule has 0 fully saturated rings. The van der Waals surface area contributed by atoms with E-state index in [1.54, 1.807) is 0 Å². The first-order valence-electron chi connectivity index (χ1n) is 5.34. The van der Waals surface area contributed by atoms with Crippen LogP contribution in [0.1, 0.15) is 20.3 Å². The van der Waals surface area contributed by atoms with Gasteiger partial charge in [-0.2, -0.15) is 13.2 Å². The van der Waals surface area contributed by atoms with E-state index in [4.69, 9.17) is 4.74 Å². The van der Waals surface area contributed by atoms with Crippen LogP contribution < -0.4 is 5.32 Å². The van der Waals surface area contributed by atoms with E-state index in [0.717, 1.165) is 0 Å². The second-order valence-electron chi connectivity index (χ2n) is 4.15. The fourth-order valence-corrected chi connectivity index (χ4v) is 0.998. The van der Waals surface area contributed by atoms with E-state index in [-0.39, 0.29) is 19.7 Å². The van der Waals surface area contributed by atoms with Crippen molar-refractivity contribution in [3.8, 4) is 0 Å². The van der Waals surface area contributed by atoms with Crippen LogP contribution in [0.25, 0.3) is 0 Å². The molecule has 98 valence electrons. The molecule has 0 aliphatic heterocycles. The molecular weight excluding hydrogens is 223 g/mol. The van der Waals surface area contributed by atoms with Crippen LogP contribution in [0, 0.1) is 5.92 Å². The van der Waals surface area contributed by atoms with Crippen LogP contribution in [-0.4, -0.2) is 43.7 Å². The van der Waals surface area contributed by atoms with E-state index < -0.39 is 18.7 Å². The topological polar surface area (TPSA) is 41.5 Å². The quantitative estimate of drug-likeness (QED) is 0.636. The zero-order chi connectivity index (χ0) is 12.6. The zero-order valence-corrected chi connectivity index (χ0v) is 9.68. The monoisotopic (exact) mass is 243 g/mol. The highest BCUT2D eigenvalue weighted by molar-refractivity contribution is 4.60. The standard InChI is InChI=1S/C10H20F3NO2/c1-8(2)6-16-7-9(15)5-14-4-3-10(11,12)13/h8-9,14-15H,3-7H2,1-2H3. The maximum Gasteiger partial charge on any atom is 0.390 e. The van der Waals surface area contributed by atoms with Crippen molar-refractivity contribution in [3.63, 3.8) is 0 Å². The van der Waals surface area contributed by atoms with E-state index >= 15 is 0 Å². The summed E-state index contributed by atoms with van der Waals surface area (Å²) in [5.74, 6) is 0.380. The lowest BCUT2D eigenvalue weighted by atomic mass is 10.2. The first kappa shape index (κ1) is 15.7. The van der Waals surface area contributed by atoms with Crippen LogP contribution in [0.4, 0.5) is 13.2 Å². The molecule has 0 heterocycles. The average Bonchev–Trinajstić information content (AvgIpc) is 2.10. The van der Waals surface area contributed by atoms with Crippen LogP contribution >= 0.6 is 0 Å². The van der Waals surface area contributed by atoms with Gasteiger partial charge in [-0.25, -0.2) is 0 Å². The predicted molar refractivity (Wildman–Crippen MR) is 55.2 cm³/mol. The smallest absolute Gasteiger partial charge is 0.389 e. The second-order valence-corrected chi connectivity index (χ2v) is 4.15. The molecule has 0 spiro atoms. The lowest BCUT2D eigenvalue weighted by Gasteiger charge is -2.14. The molecule has 16 heavy (non-hydrogen) atoms. The molecule has 0 radical (unpaired) electrons. The van der Waals surface area contributed by atoms with Gasteiger partial charge in [0.1, 0.15) is 0 Å². The van der Waals surface area contributed by atoms with Gasteiger partial charge in [0.2, 0.25) is 0 Å². The van der Waals surface area contributed by atoms with Gasteiger partial charge in [-0.3, -0.25) is 0 Å². The Morgan fingerprint density at radius 2 is 1.88 bits per heavy atom. The van der Waals surface area contributed by atoms with Crippen LogP contribution in [-0.2, 0) is 4.74 Å². The summed E-state index contributed by atoms with van der Waals surface area (Å²) < 4.78 is 40.4. The summed E-state index contributed by atoms with van der Waals surface area (Å²) in [6.45, 7) is 4.59. The number of rotatable bonds is 8. The maximum absolute atomic E-state index is 11.7. The lowest BCUT2D eigenvalue weighted by Crippen LogP contribution is -2.32. The number of hydrogen-bond acceptors (Lipinski definition) is 3. The van der Waals surface area contributed by atoms with Gasteiger partial charge in [0.05, 0.1) is 19.1 Å². The number of halogens is 3. The van der Waals surface area contributed by atoms with Crippen molar-refractivity contribution in [3.05, 3.63) is 0 Å². The summed E-state index contributed by atoms with van der Waals surface area (Å²) >= 11 is 0. The minimum atomic E-state index is -4.15. The Morgan fingerprint density at radius 1 is 1.25 bits per heavy atom. The summed E-state index contributed by atoms with van der Waals surface area (Å²) in [4.78, 5) is 0. The summed E-state index contributed by atoms with van der Waals surface area (Å²) in [6.07, 6.45) is -5.79. The van der Waals surface area contributed by atoms with Gasteiger partial charge < -0.3 is 15.2 Å². The molecule has 3 nitrogen and oxygen atoms in total. The van der Waals surface area contributed by atoms with E-state index in [2.05, 4.69) is 5.32 Å². The Labute approximate surface area is 94.0 Å². The Balaban J connectivity index is 3.34. The highest BCUT2D eigenvalue weighted by Gasteiger charge is 2.25. The van der Waals surface area contributed by atoms with Crippen molar-refractivity contribution in [2.75, 3.05) is 26.3 Å². The summed E-state index contributed by atoms with van der Waals surface area (Å²) in [6, 6.07) is 0. The fourth-order valence-electron chi connectivity index (χ4n) is 0.998. The van der Waals surface area contributed by atoms with Crippen LogP contribution in [0.3, 0.4) is 0 Å². The Bertz CT molecular complexity index is 174. The van der Waals surface area contributed by atoms with E-state index in [9.17, 15) is 18.3 Å². The summed E-state index contributed by atoms with van der Waals surface area (Å²) in [7, 11) is 0. The summed E-state index contributed by atoms with van der Waals surface area (Å²) in [5.41, 5.74) is 0. The Morgan fingerprint density at radius 3 is 2.38 bits per heavy atom. The number of aliphatic hydroxyl groups is 1. The molecule has 0 aromatic heterocycles. The highest BCUT2D eigenvalue weighted by atomic mass is 19.4. The molecule has 0 saturated carbocycles. The molecule has 6 heteroatoms. The Kier molecular flexibility index (Phi) is 7.70. The van der Waals surface area contributed by atoms with Crippen molar-refractivity contribution in [2.45, 2.75) is 32.5 Å². The van der Waals surface area contributed by atoms with Gasteiger partial charge in [0.25, 0.3) is 0 Å². The minimum Gasteiger partial charge on any atom is -0.389 e. The van der Waals surface area contributed by atoms with Crippen molar-refractivity contribution in [2.24, 2.45) is 5.92 Å². The molecule has 0 aliphatic rings. The van der Waals surface area contributed by atoms with Crippen LogP contribution in [0.2, 0.25) is 0 Å². The summed E-state index contributed by atoms with van der Waals surface area (Å²) in [5, 5.41) is 11.9. The van der Waals surface area contributed by atoms with Gasteiger partial charge in [0.15, 0.2) is 0 Å². The van der Waals surface area contributed by atoms with Crippen molar-refractivity contribution in [1.82, 2.24) is 5.32 Å². The fraction of sp³-hybridized carbons (Fsp3) is 1.00. The lowest BCUT2D eigenvalue weighted by molar-refractivity contribution is -0.133. The van der Waals surface area contributed by atoms with E-state index in [1.165, 1.54) is 0 Å². The largest absolute Gasteiger partial charge is 0.390 e. The number of nitrogens with one attached hydrogen (secondary N) is 1. The molecule has 0 saturated heterocycles. The SMILES string of the molecule is CC(C)COCC(O)CNCCC(F)(F)F. The number of ether oxygens (including phenoxy) is 1. The molecule has 0 amide bonds. The van der Waals surface area contributed by atoms with Gasteiger partial charge in [-0.05, 0) is 5.92 Å². The third kappa shape index (κ3) is 11.7. The van der Waals surface area contributed by atoms with Gasteiger partial charge in [0, 0.05) is 19.7 Å². The highest BCUT2D eigenvalue weighted by Crippen LogP contribution is 2.17. The Hall–Kier alpha value is -0.330. The first-order valence-corrected chi connectivity index (χ1v) is 5.34. The maximum atomic E-state index is 11.7. The van der Waals surface area contributed by atoms with Crippen molar-refractivity contribution < 1.29 is 23.0 Å². The molecule has 0 aromatic rings. The first-order chi connectivity index (χ1) is 7.31. The van der Waals surface area contributed by atoms with Crippen molar-refractivity contribution >= 4 is 0 Å². The average molecular weight is 243 g/mol. The molecular formula is C10H20F3NO2. The van der Waals surface area contributed by atoms with Crippen LogP contribution in [0.15, 0.2) is 0 Å². The van der Waals surface area contributed by atoms with E-state index in [0.29, 0.717) is 12.5 Å². The molecule has 0 bridgehead atoms.